The lowest BCUT2D eigenvalue weighted by Crippen LogP contribution is -2.14. The van der Waals surface area contributed by atoms with Crippen molar-refractivity contribution in [3.05, 3.63) is 58.6 Å². The van der Waals surface area contributed by atoms with Gasteiger partial charge in [0, 0.05) is 10.6 Å². The largest absolute Gasteiger partial charge is 0.416 e. The van der Waals surface area contributed by atoms with Crippen LogP contribution in [-0.2, 0) is 6.18 Å². The van der Waals surface area contributed by atoms with Crippen LogP contribution in [0.5, 0.6) is 0 Å². The molecule has 0 heterocycles. The molecular formula is C14H10ClF3N2O. The molecule has 2 rings (SSSR count). The third-order valence-corrected chi connectivity index (χ3v) is 2.97. The Balaban J connectivity index is 2.19. The van der Waals surface area contributed by atoms with Crippen molar-refractivity contribution in [2.24, 2.45) is 0 Å². The van der Waals surface area contributed by atoms with Crippen molar-refractivity contribution in [2.75, 3.05) is 11.1 Å². The quantitative estimate of drug-likeness (QED) is 0.816. The van der Waals surface area contributed by atoms with Crippen molar-refractivity contribution in [1.82, 2.24) is 0 Å². The second-order valence-electron chi connectivity index (χ2n) is 4.26. The number of halogens is 4. The smallest absolute Gasteiger partial charge is 0.397 e. The summed E-state index contributed by atoms with van der Waals surface area (Å²) < 4.78 is 37.3. The standard InChI is InChI=1S/C14H10ClF3N2O/c15-10-5-6-11(19)12(7-10)20-13(21)8-1-3-9(4-2-8)14(16,17)18/h1-7H,19H2,(H,20,21). The second-order valence-corrected chi connectivity index (χ2v) is 4.70. The highest BCUT2D eigenvalue weighted by Gasteiger charge is 2.30. The molecule has 0 atom stereocenters. The number of carbonyl (C=O) groups is 1. The summed E-state index contributed by atoms with van der Waals surface area (Å²) >= 11 is 5.79. The number of hydrogen-bond donors (Lipinski definition) is 2. The lowest BCUT2D eigenvalue weighted by molar-refractivity contribution is -0.137. The molecule has 3 nitrogen and oxygen atoms in total. The minimum Gasteiger partial charge on any atom is -0.397 e. The molecule has 0 fully saturated rings. The first-order chi connectivity index (χ1) is 9.77. The maximum absolute atomic E-state index is 12.4. The van der Waals surface area contributed by atoms with E-state index >= 15 is 0 Å². The van der Waals surface area contributed by atoms with Gasteiger partial charge in [-0.05, 0) is 42.5 Å². The van der Waals surface area contributed by atoms with Crippen LogP contribution >= 0.6 is 11.6 Å². The summed E-state index contributed by atoms with van der Waals surface area (Å²) in [6.45, 7) is 0. The van der Waals surface area contributed by atoms with E-state index in [1.54, 1.807) is 6.07 Å². The predicted molar refractivity (Wildman–Crippen MR) is 75.3 cm³/mol. The van der Waals surface area contributed by atoms with Crippen molar-refractivity contribution in [2.45, 2.75) is 6.18 Å². The Kier molecular flexibility index (Phi) is 4.09. The van der Waals surface area contributed by atoms with Gasteiger partial charge in [0.15, 0.2) is 0 Å². The number of rotatable bonds is 2. The summed E-state index contributed by atoms with van der Waals surface area (Å²) in [5, 5.41) is 2.88. The molecule has 2 aromatic carbocycles. The van der Waals surface area contributed by atoms with Crippen LogP contribution in [0.2, 0.25) is 5.02 Å². The average molecular weight is 315 g/mol. The topological polar surface area (TPSA) is 55.1 Å². The predicted octanol–water partition coefficient (Wildman–Crippen LogP) is 4.19. The van der Waals surface area contributed by atoms with Crippen LogP contribution in [0.1, 0.15) is 15.9 Å². The number of benzene rings is 2. The molecule has 0 aliphatic heterocycles. The van der Waals surface area contributed by atoms with Crippen LogP contribution in [0.25, 0.3) is 0 Å². The number of anilines is 2. The summed E-state index contributed by atoms with van der Waals surface area (Å²) in [6, 6.07) is 8.42. The van der Waals surface area contributed by atoms with Crippen molar-refractivity contribution in [3.8, 4) is 0 Å². The lowest BCUT2D eigenvalue weighted by Gasteiger charge is -2.10. The van der Waals surface area contributed by atoms with E-state index in [-0.39, 0.29) is 5.56 Å². The third kappa shape index (κ3) is 3.66. The molecule has 0 aromatic heterocycles. The molecule has 21 heavy (non-hydrogen) atoms. The first-order valence-electron chi connectivity index (χ1n) is 5.81. The van der Waals surface area contributed by atoms with E-state index in [0.29, 0.717) is 16.4 Å². The number of nitrogens with two attached hydrogens (primary N) is 1. The Bertz CT molecular complexity index is 669. The van der Waals surface area contributed by atoms with Gasteiger partial charge in [-0.25, -0.2) is 0 Å². The van der Waals surface area contributed by atoms with Crippen molar-refractivity contribution >= 4 is 28.9 Å². The Labute approximate surface area is 123 Å². The maximum Gasteiger partial charge on any atom is 0.416 e. The second kappa shape index (κ2) is 5.65. The highest BCUT2D eigenvalue weighted by atomic mass is 35.5. The highest BCUT2D eigenvalue weighted by molar-refractivity contribution is 6.31. The van der Waals surface area contributed by atoms with Gasteiger partial charge in [-0.2, -0.15) is 13.2 Å². The van der Waals surface area contributed by atoms with Crippen LogP contribution in [0.3, 0.4) is 0 Å². The minimum absolute atomic E-state index is 0.0855. The van der Waals surface area contributed by atoms with Crippen molar-refractivity contribution in [1.29, 1.82) is 0 Å². The van der Waals surface area contributed by atoms with E-state index in [1.807, 2.05) is 0 Å². The molecule has 0 aliphatic rings. The van der Waals surface area contributed by atoms with Gasteiger partial charge >= 0.3 is 6.18 Å². The first kappa shape index (κ1) is 15.2. The normalized spacial score (nSPS) is 11.2. The molecule has 0 unspecified atom stereocenters. The molecule has 2 aromatic rings. The van der Waals surface area contributed by atoms with Gasteiger partial charge in [0.2, 0.25) is 0 Å². The molecule has 0 bridgehead atoms. The van der Waals surface area contributed by atoms with E-state index < -0.39 is 17.6 Å². The summed E-state index contributed by atoms with van der Waals surface area (Å²) in [7, 11) is 0. The molecule has 0 aliphatic carbocycles. The summed E-state index contributed by atoms with van der Waals surface area (Å²) in [4.78, 5) is 11.9. The van der Waals surface area contributed by atoms with Gasteiger partial charge in [-0.3, -0.25) is 4.79 Å². The van der Waals surface area contributed by atoms with Crippen LogP contribution in [0.15, 0.2) is 42.5 Å². The molecule has 3 N–H and O–H groups in total. The van der Waals surface area contributed by atoms with Crippen molar-refractivity contribution in [3.63, 3.8) is 0 Å². The lowest BCUT2D eigenvalue weighted by atomic mass is 10.1. The van der Waals surface area contributed by atoms with E-state index in [0.717, 1.165) is 24.3 Å². The molecule has 0 radical (unpaired) electrons. The fraction of sp³-hybridized carbons (Fsp3) is 0.0714. The highest BCUT2D eigenvalue weighted by Crippen LogP contribution is 2.29. The Hall–Kier alpha value is -2.21. The summed E-state index contributed by atoms with van der Waals surface area (Å²) in [5.74, 6) is -0.572. The minimum atomic E-state index is -4.44. The molecule has 110 valence electrons. The SMILES string of the molecule is Nc1ccc(Cl)cc1NC(=O)c1ccc(C(F)(F)F)cc1. The number of nitrogens with one attached hydrogen (secondary N) is 1. The molecule has 0 saturated heterocycles. The van der Waals surface area contributed by atoms with Crippen molar-refractivity contribution < 1.29 is 18.0 Å². The number of hydrogen-bond acceptors (Lipinski definition) is 2. The molecule has 0 saturated carbocycles. The monoisotopic (exact) mass is 314 g/mol. The summed E-state index contributed by atoms with van der Waals surface area (Å²) in [6.07, 6.45) is -4.44. The Morgan fingerprint density at radius 2 is 1.71 bits per heavy atom. The van der Waals surface area contributed by atoms with E-state index in [2.05, 4.69) is 5.32 Å². The van der Waals surface area contributed by atoms with Gasteiger partial charge in [-0.15, -0.1) is 0 Å². The van der Waals surface area contributed by atoms with Crippen LogP contribution in [0, 0.1) is 0 Å². The zero-order chi connectivity index (χ0) is 15.6. The van der Waals surface area contributed by atoms with Gasteiger partial charge in [0.1, 0.15) is 0 Å². The van der Waals surface area contributed by atoms with E-state index in [9.17, 15) is 18.0 Å². The first-order valence-corrected chi connectivity index (χ1v) is 6.19. The van der Waals surface area contributed by atoms with Gasteiger partial charge in [-0.1, -0.05) is 11.6 Å². The zero-order valence-corrected chi connectivity index (χ0v) is 11.3. The molecule has 7 heteroatoms. The van der Waals surface area contributed by atoms with E-state index in [4.69, 9.17) is 17.3 Å². The fourth-order valence-electron chi connectivity index (χ4n) is 1.64. The number of alkyl halides is 3. The van der Waals surface area contributed by atoms with Gasteiger partial charge in [0.25, 0.3) is 5.91 Å². The summed E-state index contributed by atoms with van der Waals surface area (Å²) in [5.41, 5.74) is 5.55. The van der Waals surface area contributed by atoms with Crippen LogP contribution in [-0.4, -0.2) is 5.91 Å². The fourth-order valence-corrected chi connectivity index (χ4v) is 1.81. The van der Waals surface area contributed by atoms with E-state index in [1.165, 1.54) is 12.1 Å². The number of amides is 1. The van der Waals surface area contributed by atoms with Gasteiger partial charge < -0.3 is 11.1 Å². The van der Waals surface area contributed by atoms with Crippen LogP contribution in [0.4, 0.5) is 24.5 Å². The third-order valence-electron chi connectivity index (χ3n) is 2.74. The average Bonchev–Trinajstić information content (AvgIpc) is 2.42. The molecule has 0 spiro atoms. The molecular weight excluding hydrogens is 305 g/mol. The van der Waals surface area contributed by atoms with Gasteiger partial charge in [0.05, 0.1) is 16.9 Å². The Morgan fingerprint density at radius 1 is 1.10 bits per heavy atom. The maximum atomic E-state index is 12.4. The Morgan fingerprint density at radius 3 is 2.29 bits per heavy atom. The number of nitrogen functional groups attached to an aromatic ring is 1. The molecule has 1 amide bonds. The zero-order valence-electron chi connectivity index (χ0n) is 10.5. The number of carbonyl (C=O) groups excluding carboxylic acids is 1. The van der Waals surface area contributed by atoms with Crippen LogP contribution < -0.4 is 11.1 Å².